The van der Waals surface area contributed by atoms with Crippen LogP contribution in [-0.4, -0.2) is 19.9 Å². The first-order valence-corrected chi connectivity index (χ1v) is 20.5. The molecule has 0 unspecified atom stereocenters. The fourth-order valence-corrected chi connectivity index (χ4v) is 8.83. The minimum absolute atomic E-state index is 0.599. The van der Waals surface area contributed by atoms with Crippen molar-refractivity contribution >= 4 is 54.4 Å². The molecule has 0 aliphatic carbocycles. The molecule has 0 atom stereocenters. The lowest BCUT2D eigenvalue weighted by molar-refractivity contribution is 0.670. The number of benzene rings is 9. The molecule has 9 aromatic carbocycles. The van der Waals surface area contributed by atoms with E-state index >= 15 is 0 Å². The Hall–Kier alpha value is -8.28. The monoisotopic (exact) mass is 778 g/mol. The van der Waals surface area contributed by atoms with E-state index < -0.39 is 0 Å². The van der Waals surface area contributed by atoms with Gasteiger partial charge < -0.3 is 4.42 Å². The summed E-state index contributed by atoms with van der Waals surface area (Å²) in [5.74, 6) is 1.82. The number of pyridine rings is 1. The van der Waals surface area contributed by atoms with Crippen molar-refractivity contribution in [3.63, 3.8) is 0 Å². The quantitative estimate of drug-likeness (QED) is 0.157. The number of aromatic nitrogens is 4. The molecule has 5 nitrogen and oxygen atoms in total. The second kappa shape index (κ2) is 14.2. The Morgan fingerprint density at radius 3 is 1.72 bits per heavy atom. The summed E-state index contributed by atoms with van der Waals surface area (Å²) in [6.07, 6.45) is 0. The van der Waals surface area contributed by atoms with Crippen molar-refractivity contribution in [2.45, 2.75) is 0 Å². The summed E-state index contributed by atoms with van der Waals surface area (Å²) < 4.78 is 6.94. The highest BCUT2D eigenvalue weighted by molar-refractivity contribution is 6.29. The van der Waals surface area contributed by atoms with Gasteiger partial charge in [-0.2, -0.15) is 0 Å². The lowest BCUT2D eigenvalue weighted by Gasteiger charge is -2.13. The van der Waals surface area contributed by atoms with Gasteiger partial charge in [0.05, 0.1) is 11.2 Å². The van der Waals surface area contributed by atoms with Crippen molar-refractivity contribution < 1.29 is 4.42 Å². The molecule has 61 heavy (non-hydrogen) atoms. The summed E-state index contributed by atoms with van der Waals surface area (Å²) in [6.45, 7) is 0. The fourth-order valence-electron chi connectivity index (χ4n) is 8.83. The number of nitrogens with zero attached hydrogens (tertiary/aromatic N) is 4. The van der Waals surface area contributed by atoms with Crippen LogP contribution in [0, 0.1) is 0 Å². The topological polar surface area (TPSA) is 64.7 Å². The maximum Gasteiger partial charge on any atom is 0.164 e. The van der Waals surface area contributed by atoms with E-state index in [0.29, 0.717) is 17.5 Å². The van der Waals surface area contributed by atoms with Gasteiger partial charge in [-0.1, -0.05) is 170 Å². The largest absolute Gasteiger partial charge is 0.455 e. The third-order valence-corrected chi connectivity index (χ3v) is 11.7. The number of hydrogen-bond acceptors (Lipinski definition) is 5. The van der Waals surface area contributed by atoms with Crippen LogP contribution in [0.2, 0.25) is 0 Å². The van der Waals surface area contributed by atoms with Crippen LogP contribution in [0.25, 0.3) is 122 Å². The summed E-state index contributed by atoms with van der Waals surface area (Å²) in [6, 6.07) is 71.4. The highest BCUT2D eigenvalue weighted by Crippen LogP contribution is 2.44. The number of para-hydroxylation sites is 2. The minimum Gasteiger partial charge on any atom is -0.455 e. The molecule has 284 valence electrons. The Kier molecular flexibility index (Phi) is 8.10. The van der Waals surface area contributed by atoms with Crippen molar-refractivity contribution in [3.05, 3.63) is 206 Å². The van der Waals surface area contributed by atoms with Gasteiger partial charge in [-0.15, -0.1) is 0 Å². The Morgan fingerprint density at radius 1 is 0.311 bits per heavy atom. The van der Waals surface area contributed by atoms with Crippen LogP contribution < -0.4 is 0 Å². The van der Waals surface area contributed by atoms with Crippen LogP contribution in [-0.2, 0) is 0 Å². The molecule has 0 saturated carbocycles. The van der Waals surface area contributed by atoms with Gasteiger partial charge in [0.25, 0.3) is 0 Å². The van der Waals surface area contributed by atoms with Gasteiger partial charge in [-0.25, -0.2) is 19.9 Å². The molecule has 0 aliphatic rings. The van der Waals surface area contributed by atoms with Gasteiger partial charge in [0.1, 0.15) is 11.2 Å². The summed E-state index contributed by atoms with van der Waals surface area (Å²) in [5, 5.41) is 7.59. The Balaban J connectivity index is 1.09. The second-order valence-electron chi connectivity index (χ2n) is 15.4. The average molecular weight is 779 g/mol. The highest BCUT2D eigenvalue weighted by Gasteiger charge is 2.21. The predicted octanol–water partition coefficient (Wildman–Crippen LogP) is 14.6. The van der Waals surface area contributed by atoms with Gasteiger partial charge in [-0.05, 0) is 63.9 Å². The first-order chi connectivity index (χ1) is 30.2. The minimum atomic E-state index is 0.599. The summed E-state index contributed by atoms with van der Waals surface area (Å²) >= 11 is 0. The molecule has 3 aromatic heterocycles. The molecule has 5 heteroatoms. The molecule has 0 spiro atoms. The lowest BCUT2D eigenvalue weighted by Crippen LogP contribution is -2.01. The normalized spacial score (nSPS) is 11.6. The van der Waals surface area contributed by atoms with Crippen LogP contribution in [0.5, 0.6) is 0 Å². The zero-order valence-electron chi connectivity index (χ0n) is 32.8. The maximum absolute atomic E-state index is 6.94. The Bertz CT molecular complexity index is 3640. The van der Waals surface area contributed by atoms with Gasteiger partial charge in [-0.3, -0.25) is 0 Å². The third-order valence-electron chi connectivity index (χ3n) is 11.7. The molecular formula is C56H34N4O. The van der Waals surface area contributed by atoms with E-state index in [1.54, 1.807) is 0 Å². The molecule has 3 heterocycles. The van der Waals surface area contributed by atoms with Gasteiger partial charge in [0, 0.05) is 54.7 Å². The van der Waals surface area contributed by atoms with Gasteiger partial charge in [0.2, 0.25) is 0 Å². The van der Waals surface area contributed by atoms with Gasteiger partial charge in [0.15, 0.2) is 17.5 Å². The van der Waals surface area contributed by atoms with Crippen molar-refractivity contribution in [3.8, 4) is 67.7 Å². The van der Waals surface area contributed by atoms with Crippen molar-refractivity contribution in [1.29, 1.82) is 0 Å². The molecule has 0 aliphatic heterocycles. The van der Waals surface area contributed by atoms with E-state index in [2.05, 4.69) is 164 Å². The van der Waals surface area contributed by atoms with E-state index in [4.69, 9.17) is 24.4 Å². The molecule has 0 bridgehead atoms. The standard InChI is InChI=1S/C56H34N4O/c1-4-16-35(17-5-1)38-23-14-24-40(32-38)55-58-54(37-20-8-3-9-21-37)59-56(60-55)47-34-41(33-39-22-10-11-25-42(39)47)43-27-15-28-46-51-49(61-53(43)46)31-30-45-50(51)44-26-12-13-29-48(44)57-52(45)36-18-6-2-7-19-36/h1-34H. The van der Waals surface area contributed by atoms with Gasteiger partial charge >= 0.3 is 0 Å². The molecule has 12 rings (SSSR count). The summed E-state index contributed by atoms with van der Waals surface area (Å²) in [4.78, 5) is 20.8. The molecular weight excluding hydrogens is 745 g/mol. The maximum atomic E-state index is 6.94. The molecule has 0 saturated heterocycles. The average Bonchev–Trinajstić information content (AvgIpc) is 3.73. The molecule has 0 N–H and O–H groups in total. The zero-order valence-corrected chi connectivity index (χ0v) is 32.8. The van der Waals surface area contributed by atoms with E-state index in [0.717, 1.165) is 105 Å². The highest BCUT2D eigenvalue weighted by atomic mass is 16.3. The summed E-state index contributed by atoms with van der Waals surface area (Å²) in [7, 11) is 0. The van der Waals surface area contributed by atoms with Crippen LogP contribution in [0.4, 0.5) is 0 Å². The van der Waals surface area contributed by atoms with Crippen LogP contribution in [0.1, 0.15) is 0 Å². The molecule has 0 amide bonds. The number of rotatable bonds is 6. The predicted molar refractivity (Wildman–Crippen MR) is 250 cm³/mol. The fraction of sp³-hybridized carbons (Fsp3) is 0. The number of hydrogen-bond donors (Lipinski definition) is 0. The van der Waals surface area contributed by atoms with Crippen LogP contribution in [0.3, 0.4) is 0 Å². The first-order valence-electron chi connectivity index (χ1n) is 20.5. The summed E-state index contributed by atoms with van der Waals surface area (Å²) in [5.41, 5.74) is 11.6. The Morgan fingerprint density at radius 2 is 0.918 bits per heavy atom. The SMILES string of the molecule is c1ccc(-c2cccc(-c3nc(-c4ccccc4)nc(-c4cc(-c5cccc6c5oc5ccc7c(-c8ccccc8)nc8ccccc8c7c56)cc5ccccc45)n3)c2)cc1. The number of furan rings is 1. The lowest BCUT2D eigenvalue weighted by atomic mass is 9.93. The number of fused-ring (bicyclic) bond motifs is 8. The van der Waals surface area contributed by atoms with E-state index in [1.165, 1.54) is 0 Å². The van der Waals surface area contributed by atoms with E-state index in [1.807, 2.05) is 42.5 Å². The van der Waals surface area contributed by atoms with Crippen LogP contribution in [0.15, 0.2) is 211 Å². The smallest absolute Gasteiger partial charge is 0.164 e. The Labute approximate surface area is 351 Å². The first kappa shape index (κ1) is 34.7. The molecule has 12 aromatic rings. The second-order valence-corrected chi connectivity index (χ2v) is 15.4. The van der Waals surface area contributed by atoms with E-state index in [-0.39, 0.29) is 0 Å². The van der Waals surface area contributed by atoms with Crippen molar-refractivity contribution in [2.24, 2.45) is 0 Å². The van der Waals surface area contributed by atoms with Crippen molar-refractivity contribution in [2.75, 3.05) is 0 Å². The third kappa shape index (κ3) is 5.94. The van der Waals surface area contributed by atoms with Crippen LogP contribution >= 0.6 is 0 Å². The zero-order chi connectivity index (χ0) is 40.3. The molecule has 0 fully saturated rings. The molecule has 0 radical (unpaired) electrons. The van der Waals surface area contributed by atoms with Crippen molar-refractivity contribution in [1.82, 2.24) is 19.9 Å². The van der Waals surface area contributed by atoms with E-state index in [9.17, 15) is 0 Å².